The van der Waals surface area contributed by atoms with Crippen molar-refractivity contribution < 1.29 is 32.6 Å². The van der Waals surface area contributed by atoms with Gasteiger partial charge in [0.1, 0.15) is 6.04 Å². The maximum Gasteiger partial charge on any atom is 0.299 e. The van der Waals surface area contributed by atoms with Crippen molar-refractivity contribution in [2.24, 2.45) is 0 Å². The molecule has 3 aliphatic rings. The highest BCUT2D eigenvalue weighted by molar-refractivity contribution is 5.99. The van der Waals surface area contributed by atoms with Crippen LogP contribution in [0.15, 0.2) is 67.0 Å². The Balaban J connectivity index is 1.04. The SMILES string of the molecule is O=C(NCC(=O)N1CC2(C[C@H]1C(=O)NCc1cc3cnccc3[nH]1)OCCO2)c1ccc2c(c1)-c1ccccc1C2(F)F. The zero-order chi connectivity index (χ0) is 29.8. The smallest absolute Gasteiger partial charge is 0.299 e. The van der Waals surface area contributed by atoms with Crippen molar-refractivity contribution in [1.29, 1.82) is 0 Å². The van der Waals surface area contributed by atoms with Crippen LogP contribution in [0.4, 0.5) is 8.78 Å². The number of nitrogens with one attached hydrogen (secondary N) is 3. The van der Waals surface area contributed by atoms with Gasteiger partial charge in [0, 0.05) is 52.1 Å². The minimum Gasteiger partial charge on any atom is -0.357 e. The second kappa shape index (κ2) is 10.2. The summed E-state index contributed by atoms with van der Waals surface area (Å²) in [6.45, 7) is 0.519. The average molecular weight is 588 g/mol. The van der Waals surface area contributed by atoms with Crippen LogP contribution in [0.3, 0.4) is 0 Å². The van der Waals surface area contributed by atoms with Crippen LogP contribution >= 0.6 is 0 Å². The number of carbonyl (C=O) groups excluding carboxylic acids is 3. The average Bonchev–Trinajstić information content (AvgIpc) is 3.79. The molecule has 1 atom stereocenters. The van der Waals surface area contributed by atoms with Crippen molar-refractivity contribution in [3.8, 4) is 11.1 Å². The van der Waals surface area contributed by atoms with Gasteiger partial charge in [0.2, 0.25) is 11.8 Å². The van der Waals surface area contributed by atoms with Gasteiger partial charge in [-0.05, 0) is 35.4 Å². The Morgan fingerprint density at radius 3 is 2.60 bits per heavy atom. The summed E-state index contributed by atoms with van der Waals surface area (Å²) >= 11 is 0. The highest BCUT2D eigenvalue weighted by Gasteiger charge is 2.52. The molecule has 1 spiro atoms. The molecule has 0 unspecified atom stereocenters. The number of benzene rings is 2. The normalized spacial score (nSPS) is 19.4. The first-order valence-corrected chi connectivity index (χ1v) is 13.9. The van der Waals surface area contributed by atoms with Crippen molar-refractivity contribution in [3.63, 3.8) is 0 Å². The van der Waals surface area contributed by atoms with Crippen molar-refractivity contribution in [2.45, 2.75) is 30.7 Å². The van der Waals surface area contributed by atoms with E-state index in [1.807, 2.05) is 12.1 Å². The van der Waals surface area contributed by atoms with Crippen LogP contribution in [0, 0.1) is 0 Å². The minimum absolute atomic E-state index is 0.0303. The quantitative estimate of drug-likeness (QED) is 0.319. The Hall–Kier alpha value is -4.68. The van der Waals surface area contributed by atoms with Gasteiger partial charge in [0.15, 0.2) is 5.79 Å². The molecule has 2 aromatic carbocycles. The van der Waals surface area contributed by atoms with Gasteiger partial charge in [-0.3, -0.25) is 19.4 Å². The Bertz CT molecular complexity index is 1730. The summed E-state index contributed by atoms with van der Waals surface area (Å²) in [7, 11) is 0. The van der Waals surface area contributed by atoms with Crippen molar-refractivity contribution in [2.75, 3.05) is 26.3 Å². The van der Waals surface area contributed by atoms with Crippen LogP contribution in [-0.2, 0) is 31.5 Å². The molecule has 43 heavy (non-hydrogen) atoms. The minimum atomic E-state index is -3.16. The number of likely N-dealkylation sites (tertiary alicyclic amines) is 1. The lowest BCUT2D eigenvalue weighted by Gasteiger charge is -2.24. The van der Waals surface area contributed by atoms with Gasteiger partial charge in [-0.15, -0.1) is 0 Å². The summed E-state index contributed by atoms with van der Waals surface area (Å²) in [5.41, 5.74) is 2.17. The number of nitrogens with zero attached hydrogens (tertiary/aromatic N) is 2. The molecule has 4 heterocycles. The predicted molar refractivity (Wildman–Crippen MR) is 150 cm³/mol. The molecule has 220 valence electrons. The van der Waals surface area contributed by atoms with E-state index in [2.05, 4.69) is 20.6 Å². The van der Waals surface area contributed by atoms with Gasteiger partial charge >= 0.3 is 0 Å². The highest BCUT2D eigenvalue weighted by atomic mass is 19.3. The predicted octanol–water partition coefficient (Wildman–Crippen LogP) is 3.07. The lowest BCUT2D eigenvalue weighted by Crippen LogP contribution is -2.49. The van der Waals surface area contributed by atoms with Crippen LogP contribution in [0.25, 0.3) is 22.0 Å². The number of fused-ring (bicyclic) bond motifs is 4. The molecule has 7 rings (SSSR count). The first-order chi connectivity index (χ1) is 20.7. The molecule has 0 radical (unpaired) electrons. The summed E-state index contributed by atoms with van der Waals surface area (Å²) in [5.74, 6) is -5.73. The maximum atomic E-state index is 14.9. The number of rotatable bonds is 6. The largest absolute Gasteiger partial charge is 0.357 e. The molecule has 2 fully saturated rings. The molecule has 3 amide bonds. The zero-order valence-electron chi connectivity index (χ0n) is 22.9. The van der Waals surface area contributed by atoms with Crippen LogP contribution in [0.5, 0.6) is 0 Å². The number of aromatic amines is 1. The fraction of sp³-hybridized carbons (Fsp3) is 0.290. The number of pyridine rings is 1. The van der Waals surface area contributed by atoms with Crippen LogP contribution in [0.1, 0.15) is 33.6 Å². The van der Waals surface area contributed by atoms with Crippen molar-refractivity contribution >= 4 is 28.6 Å². The molecule has 12 heteroatoms. The number of ether oxygens (including phenoxy) is 2. The molecule has 2 aromatic heterocycles. The first kappa shape index (κ1) is 27.2. The molecule has 1 aliphatic carbocycles. The molecule has 2 saturated heterocycles. The summed E-state index contributed by atoms with van der Waals surface area (Å²) in [6.07, 6.45) is 3.54. The van der Waals surface area contributed by atoms with E-state index in [4.69, 9.17) is 9.47 Å². The van der Waals surface area contributed by atoms with E-state index in [0.29, 0.717) is 18.8 Å². The van der Waals surface area contributed by atoms with Crippen LogP contribution in [0.2, 0.25) is 0 Å². The van der Waals surface area contributed by atoms with E-state index in [9.17, 15) is 23.2 Å². The summed E-state index contributed by atoms with van der Waals surface area (Å²) in [4.78, 5) is 48.4. The molecule has 0 saturated carbocycles. The lowest BCUT2D eigenvalue weighted by molar-refractivity contribution is -0.152. The third kappa shape index (κ3) is 4.72. The fourth-order valence-corrected chi connectivity index (χ4v) is 6.15. The van der Waals surface area contributed by atoms with E-state index in [0.717, 1.165) is 16.6 Å². The first-order valence-electron chi connectivity index (χ1n) is 13.9. The molecular weight excluding hydrogens is 560 g/mol. The number of hydrogen-bond acceptors (Lipinski definition) is 6. The number of hydrogen-bond donors (Lipinski definition) is 3. The monoisotopic (exact) mass is 587 g/mol. The van der Waals surface area contributed by atoms with Crippen LogP contribution in [-0.4, -0.2) is 70.7 Å². The van der Waals surface area contributed by atoms with Crippen molar-refractivity contribution in [1.82, 2.24) is 25.5 Å². The summed E-state index contributed by atoms with van der Waals surface area (Å²) < 4.78 is 41.4. The summed E-state index contributed by atoms with van der Waals surface area (Å²) in [6, 6.07) is 13.0. The third-order valence-electron chi connectivity index (χ3n) is 8.23. The zero-order valence-corrected chi connectivity index (χ0v) is 22.9. The van der Waals surface area contributed by atoms with Gasteiger partial charge < -0.3 is 30.0 Å². The Morgan fingerprint density at radius 2 is 1.79 bits per heavy atom. The molecule has 2 aliphatic heterocycles. The fourth-order valence-electron chi connectivity index (χ4n) is 6.15. The van der Waals surface area contributed by atoms with Gasteiger partial charge in [0.05, 0.1) is 32.8 Å². The van der Waals surface area contributed by atoms with Gasteiger partial charge in [-0.2, -0.15) is 8.78 Å². The second-order valence-electron chi connectivity index (χ2n) is 10.9. The number of carbonyl (C=O) groups is 3. The number of H-pyrrole nitrogens is 1. The molecular formula is C31H27F2N5O5. The van der Waals surface area contributed by atoms with Crippen LogP contribution < -0.4 is 10.6 Å². The Labute approximate surface area is 244 Å². The standard InChI is InChI=1S/C31H27F2N5O5/c32-31(33)23-4-2-1-3-21(23)22-12-18(5-6-24(22)31)28(40)36-16-27(39)38-17-30(42-9-10-43-30)13-26(38)29(41)35-15-20-11-19-14-34-8-7-25(19)37-20/h1-8,11-12,14,26,37H,9-10,13,15-17H2,(H,35,41)(H,36,40)/t26-/m0/s1. The Morgan fingerprint density at radius 1 is 1.00 bits per heavy atom. The van der Waals surface area contributed by atoms with E-state index >= 15 is 0 Å². The highest BCUT2D eigenvalue weighted by Crippen LogP contribution is 2.50. The molecule has 4 aromatic rings. The van der Waals surface area contributed by atoms with E-state index in [1.165, 1.54) is 29.2 Å². The van der Waals surface area contributed by atoms with E-state index in [-0.39, 0.29) is 47.7 Å². The third-order valence-corrected chi connectivity index (χ3v) is 8.23. The number of alkyl halides is 2. The number of amides is 3. The van der Waals surface area contributed by atoms with Gasteiger partial charge in [0.25, 0.3) is 11.8 Å². The van der Waals surface area contributed by atoms with E-state index < -0.39 is 36.1 Å². The Kier molecular flexibility index (Phi) is 6.47. The lowest BCUT2D eigenvalue weighted by atomic mass is 10.0. The summed E-state index contributed by atoms with van der Waals surface area (Å²) in [5, 5.41) is 6.37. The van der Waals surface area contributed by atoms with E-state index in [1.54, 1.807) is 30.6 Å². The van der Waals surface area contributed by atoms with Crippen molar-refractivity contribution in [3.05, 3.63) is 89.4 Å². The maximum absolute atomic E-state index is 14.9. The molecule has 3 N–H and O–H groups in total. The number of halogens is 2. The molecule has 10 nitrogen and oxygen atoms in total. The second-order valence-corrected chi connectivity index (χ2v) is 10.9. The topological polar surface area (TPSA) is 126 Å². The van der Waals surface area contributed by atoms with Gasteiger partial charge in [-0.25, -0.2) is 0 Å². The number of aromatic nitrogens is 2. The van der Waals surface area contributed by atoms with Gasteiger partial charge in [-0.1, -0.05) is 30.3 Å². The molecule has 0 bridgehead atoms.